The molecule has 0 radical (unpaired) electrons. The Bertz CT molecular complexity index is 236. The van der Waals surface area contributed by atoms with Gasteiger partial charge in [-0.25, -0.2) is 0 Å². The van der Waals surface area contributed by atoms with Crippen LogP contribution in [0.2, 0.25) is 0 Å². The number of hydrogen-bond acceptors (Lipinski definition) is 5. The normalized spacial score (nSPS) is 23.4. The van der Waals surface area contributed by atoms with Gasteiger partial charge in [0, 0.05) is 19.6 Å². The SMILES string of the molecule is CCNC(CN1CCOC(CC)C1)C(=O)OC. The molecule has 1 N–H and O–H groups in total. The molecule has 17 heavy (non-hydrogen) atoms. The van der Waals surface area contributed by atoms with Gasteiger partial charge in [-0.15, -0.1) is 0 Å². The molecule has 1 rings (SSSR count). The van der Waals surface area contributed by atoms with Gasteiger partial charge >= 0.3 is 5.97 Å². The molecule has 0 aromatic rings. The van der Waals surface area contributed by atoms with Crippen LogP contribution < -0.4 is 5.32 Å². The Morgan fingerprint density at radius 3 is 2.94 bits per heavy atom. The standard InChI is InChI=1S/C12H24N2O3/c1-4-10-8-14(6-7-17-10)9-11(13-5-2)12(15)16-3/h10-11,13H,4-9H2,1-3H3. The van der Waals surface area contributed by atoms with E-state index in [4.69, 9.17) is 9.47 Å². The lowest BCUT2D eigenvalue weighted by Gasteiger charge is -2.34. The second-order valence-corrected chi connectivity index (χ2v) is 4.29. The fourth-order valence-electron chi connectivity index (χ4n) is 2.06. The summed E-state index contributed by atoms with van der Waals surface area (Å²) in [5.41, 5.74) is 0. The van der Waals surface area contributed by atoms with Crippen LogP contribution in [0.4, 0.5) is 0 Å². The molecular formula is C12H24N2O3. The van der Waals surface area contributed by atoms with Gasteiger partial charge in [-0.2, -0.15) is 0 Å². The molecule has 5 heteroatoms. The number of esters is 1. The molecule has 0 bridgehead atoms. The molecule has 0 saturated carbocycles. The first-order chi connectivity index (χ1) is 8.21. The molecule has 0 aliphatic carbocycles. The van der Waals surface area contributed by atoms with Crippen molar-refractivity contribution in [3.05, 3.63) is 0 Å². The highest BCUT2D eigenvalue weighted by Crippen LogP contribution is 2.08. The summed E-state index contributed by atoms with van der Waals surface area (Å²) in [6.07, 6.45) is 1.31. The molecule has 0 aromatic carbocycles. The van der Waals surface area contributed by atoms with Crippen LogP contribution in [0.5, 0.6) is 0 Å². The average Bonchev–Trinajstić information content (AvgIpc) is 2.37. The number of carbonyl (C=O) groups excluding carboxylic acids is 1. The lowest BCUT2D eigenvalue weighted by molar-refractivity contribution is -0.144. The monoisotopic (exact) mass is 244 g/mol. The molecule has 100 valence electrons. The molecule has 5 nitrogen and oxygen atoms in total. The lowest BCUT2D eigenvalue weighted by Crippen LogP contribution is -2.51. The van der Waals surface area contributed by atoms with Crippen LogP contribution in [0.15, 0.2) is 0 Å². The van der Waals surface area contributed by atoms with Crippen LogP contribution in [-0.2, 0) is 14.3 Å². The number of rotatable bonds is 6. The summed E-state index contributed by atoms with van der Waals surface area (Å²) in [5, 5.41) is 3.16. The maximum atomic E-state index is 11.6. The Balaban J connectivity index is 2.45. The van der Waals surface area contributed by atoms with E-state index < -0.39 is 0 Å². The number of methoxy groups -OCH3 is 1. The van der Waals surface area contributed by atoms with Crippen LogP contribution in [0.25, 0.3) is 0 Å². The van der Waals surface area contributed by atoms with Crippen LogP contribution in [-0.4, -0.2) is 62.9 Å². The van der Waals surface area contributed by atoms with E-state index in [1.807, 2.05) is 6.92 Å². The predicted molar refractivity (Wildman–Crippen MR) is 66.0 cm³/mol. The number of nitrogens with zero attached hydrogens (tertiary/aromatic N) is 1. The quantitative estimate of drug-likeness (QED) is 0.679. The zero-order valence-electron chi connectivity index (χ0n) is 11.1. The Labute approximate surface area is 103 Å². The number of nitrogens with one attached hydrogen (secondary N) is 1. The first kappa shape index (κ1) is 14.4. The van der Waals surface area contributed by atoms with Gasteiger partial charge in [-0.1, -0.05) is 13.8 Å². The molecule has 0 aromatic heterocycles. The van der Waals surface area contributed by atoms with Crippen LogP contribution >= 0.6 is 0 Å². The van der Waals surface area contributed by atoms with Crippen LogP contribution in [0.1, 0.15) is 20.3 Å². The summed E-state index contributed by atoms with van der Waals surface area (Å²) in [6.45, 7) is 8.10. The number of likely N-dealkylation sites (N-methyl/N-ethyl adjacent to an activating group) is 1. The topological polar surface area (TPSA) is 50.8 Å². The predicted octanol–water partition coefficient (Wildman–Crippen LogP) is 0.248. The van der Waals surface area contributed by atoms with E-state index in [-0.39, 0.29) is 12.0 Å². The van der Waals surface area contributed by atoms with Crippen molar-refractivity contribution in [1.29, 1.82) is 0 Å². The molecule has 1 aliphatic rings. The summed E-state index contributed by atoms with van der Waals surface area (Å²) in [4.78, 5) is 13.8. The Kier molecular flexibility index (Phi) is 6.47. The van der Waals surface area contributed by atoms with Crippen molar-refractivity contribution in [1.82, 2.24) is 10.2 Å². The maximum absolute atomic E-state index is 11.6. The number of hydrogen-bond donors (Lipinski definition) is 1. The second kappa shape index (κ2) is 7.63. The highest BCUT2D eigenvalue weighted by atomic mass is 16.5. The zero-order chi connectivity index (χ0) is 12.7. The van der Waals surface area contributed by atoms with Crippen molar-refractivity contribution in [3.8, 4) is 0 Å². The summed E-state index contributed by atoms with van der Waals surface area (Å²) < 4.78 is 10.4. The fraction of sp³-hybridized carbons (Fsp3) is 0.917. The van der Waals surface area contributed by atoms with Crippen molar-refractivity contribution in [2.45, 2.75) is 32.4 Å². The highest BCUT2D eigenvalue weighted by Gasteiger charge is 2.25. The Hall–Kier alpha value is -0.650. The molecule has 1 saturated heterocycles. The van der Waals surface area contributed by atoms with Gasteiger partial charge < -0.3 is 14.8 Å². The van der Waals surface area contributed by atoms with E-state index in [2.05, 4.69) is 17.1 Å². The Morgan fingerprint density at radius 2 is 2.35 bits per heavy atom. The van der Waals surface area contributed by atoms with Crippen molar-refractivity contribution in [3.63, 3.8) is 0 Å². The van der Waals surface area contributed by atoms with Gasteiger partial charge in [-0.05, 0) is 13.0 Å². The minimum absolute atomic E-state index is 0.189. The Morgan fingerprint density at radius 1 is 1.59 bits per heavy atom. The van der Waals surface area contributed by atoms with E-state index in [9.17, 15) is 4.79 Å². The summed E-state index contributed by atoms with van der Waals surface area (Å²) in [7, 11) is 1.43. The van der Waals surface area contributed by atoms with Gasteiger partial charge in [0.25, 0.3) is 0 Å². The van der Waals surface area contributed by atoms with E-state index in [0.717, 1.165) is 32.7 Å². The molecule has 2 atom stereocenters. The van der Waals surface area contributed by atoms with Crippen LogP contribution in [0.3, 0.4) is 0 Å². The lowest BCUT2D eigenvalue weighted by atomic mass is 10.2. The average molecular weight is 244 g/mol. The number of ether oxygens (including phenoxy) is 2. The summed E-state index contributed by atoms with van der Waals surface area (Å²) in [6, 6.07) is -0.236. The molecule has 0 spiro atoms. The smallest absolute Gasteiger partial charge is 0.324 e. The largest absolute Gasteiger partial charge is 0.468 e. The second-order valence-electron chi connectivity index (χ2n) is 4.29. The fourth-order valence-corrected chi connectivity index (χ4v) is 2.06. The molecule has 1 aliphatic heterocycles. The van der Waals surface area contributed by atoms with Gasteiger partial charge in [0.1, 0.15) is 6.04 Å². The first-order valence-corrected chi connectivity index (χ1v) is 6.36. The third kappa shape index (κ3) is 4.61. The minimum atomic E-state index is -0.236. The van der Waals surface area contributed by atoms with Gasteiger partial charge in [-0.3, -0.25) is 9.69 Å². The van der Waals surface area contributed by atoms with Crippen molar-refractivity contribution >= 4 is 5.97 Å². The van der Waals surface area contributed by atoms with E-state index in [1.165, 1.54) is 7.11 Å². The molecule has 0 amide bonds. The van der Waals surface area contributed by atoms with Gasteiger partial charge in [0.05, 0.1) is 19.8 Å². The van der Waals surface area contributed by atoms with Gasteiger partial charge in [0.2, 0.25) is 0 Å². The third-order valence-corrected chi connectivity index (χ3v) is 3.06. The minimum Gasteiger partial charge on any atom is -0.468 e. The van der Waals surface area contributed by atoms with Crippen molar-refractivity contribution in [2.24, 2.45) is 0 Å². The number of carbonyl (C=O) groups is 1. The van der Waals surface area contributed by atoms with Crippen LogP contribution in [0, 0.1) is 0 Å². The van der Waals surface area contributed by atoms with Crippen molar-refractivity contribution in [2.75, 3.05) is 39.9 Å². The molecular weight excluding hydrogens is 220 g/mol. The molecule has 2 unspecified atom stereocenters. The zero-order valence-corrected chi connectivity index (χ0v) is 11.1. The summed E-state index contributed by atoms with van der Waals surface area (Å²) >= 11 is 0. The maximum Gasteiger partial charge on any atom is 0.324 e. The van der Waals surface area contributed by atoms with Crippen molar-refractivity contribution < 1.29 is 14.3 Å². The van der Waals surface area contributed by atoms with E-state index >= 15 is 0 Å². The summed E-state index contributed by atoms with van der Waals surface area (Å²) in [5.74, 6) is -0.189. The third-order valence-electron chi connectivity index (χ3n) is 3.06. The van der Waals surface area contributed by atoms with Gasteiger partial charge in [0.15, 0.2) is 0 Å². The molecule has 1 fully saturated rings. The first-order valence-electron chi connectivity index (χ1n) is 6.36. The highest BCUT2D eigenvalue weighted by molar-refractivity contribution is 5.75. The van der Waals surface area contributed by atoms with E-state index in [0.29, 0.717) is 12.6 Å². The van der Waals surface area contributed by atoms with E-state index in [1.54, 1.807) is 0 Å². The number of morpholine rings is 1. The molecule has 1 heterocycles.